The van der Waals surface area contributed by atoms with Gasteiger partial charge in [0.2, 0.25) is 0 Å². The molecule has 0 aromatic rings. The smallest absolute Gasteiger partial charge is 0.361 e. The number of nitrogens with zero attached hydrogens (tertiary/aromatic N) is 1. The zero-order valence-electron chi connectivity index (χ0n) is 51.4. The quantitative estimate of drug-likeness (QED) is 0.0211. The average molecular weight is 1120 g/mol. The lowest BCUT2D eigenvalue weighted by molar-refractivity contribution is -0.870. The molecule has 0 aliphatic heterocycles. The average Bonchev–Trinajstić information content (AvgIpc) is 3.44. The number of esters is 2. The van der Waals surface area contributed by atoms with E-state index in [0.29, 0.717) is 23.9 Å². The van der Waals surface area contributed by atoms with Crippen molar-refractivity contribution in [3.8, 4) is 0 Å². The molecule has 2 atom stereocenters. The van der Waals surface area contributed by atoms with Gasteiger partial charge in [0.25, 0.3) is 6.29 Å². The molecule has 0 aliphatic carbocycles. The fraction of sp³-hybridized carbons (Fsp3) is 0.542. The zero-order valence-corrected chi connectivity index (χ0v) is 51.4. The van der Waals surface area contributed by atoms with Crippen LogP contribution in [0.25, 0.3) is 0 Å². The predicted octanol–water partition coefficient (Wildman–Crippen LogP) is 18.9. The number of carbonyl (C=O) groups excluding carboxylic acids is 2. The number of aliphatic carboxylic acids is 1. The normalized spacial score (nSPS) is 14.0. The van der Waals surface area contributed by atoms with Crippen molar-refractivity contribution in [2.75, 3.05) is 47.5 Å². The largest absolute Gasteiger partial charge is 0.477 e. The van der Waals surface area contributed by atoms with E-state index in [4.69, 9.17) is 18.9 Å². The van der Waals surface area contributed by atoms with E-state index in [0.717, 1.165) is 141 Å². The molecule has 2 unspecified atom stereocenters. The van der Waals surface area contributed by atoms with Crippen LogP contribution < -0.4 is 0 Å². The molecule has 0 saturated heterocycles. The number of hydrogen-bond acceptors (Lipinski definition) is 7. The molecule has 0 fully saturated rings. The maximum Gasteiger partial charge on any atom is 0.361 e. The second-order valence-electron chi connectivity index (χ2n) is 20.9. The summed E-state index contributed by atoms with van der Waals surface area (Å²) in [6, 6.07) is 0. The van der Waals surface area contributed by atoms with Gasteiger partial charge in [0.1, 0.15) is 13.2 Å². The molecule has 0 amide bonds. The first-order valence-corrected chi connectivity index (χ1v) is 30.9. The van der Waals surface area contributed by atoms with Crippen LogP contribution >= 0.6 is 0 Å². The number of likely N-dealkylation sites (N-methyl/N-ethyl adjacent to an activating group) is 1. The number of ether oxygens (including phenoxy) is 4. The minimum absolute atomic E-state index is 0.167. The second-order valence-corrected chi connectivity index (χ2v) is 20.9. The van der Waals surface area contributed by atoms with E-state index in [1.165, 1.54) is 12.8 Å². The SMILES string of the molecule is CC/C=C\C/C=C\C/C=C\C/C=C\C/C=C\C/C=C\C/C=C\C/C=C\C/C=C\CCCCCCCCCC(=O)OC(COC(=O)CCCC/C=C\C/C=C\C/C=C\C/C=C\C/C=C\C/C=C\CC)COC(OCC[N+](C)(C)C)C(=O)O. The topological polar surface area (TPSA) is 108 Å². The minimum atomic E-state index is -1.54. The lowest BCUT2D eigenvalue weighted by Crippen LogP contribution is -2.40. The Morgan fingerprint density at radius 2 is 0.667 bits per heavy atom. The summed E-state index contributed by atoms with van der Waals surface area (Å²) in [6.07, 6.45) is 89.8. The number of hydrogen-bond donors (Lipinski definition) is 1. The third kappa shape index (κ3) is 61.9. The van der Waals surface area contributed by atoms with Crippen molar-refractivity contribution in [1.29, 1.82) is 0 Å². The summed E-state index contributed by atoms with van der Waals surface area (Å²) < 4.78 is 22.8. The molecular weight excluding hydrogens is 1010 g/mol. The Morgan fingerprint density at radius 3 is 1.01 bits per heavy atom. The van der Waals surface area contributed by atoms with Crippen molar-refractivity contribution in [2.24, 2.45) is 0 Å². The fourth-order valence-corrected chi connectivity index (χ4v) is 7.48. The molecule has 81 heavy (non-hydrogen) atoms. The Balaban J connectivity index is 4.34. The number of carboxylic acids is 1. The van der Waals surface area contributed by atoms with E-state index in [2.05, 4.69) is 196 Å². The second kappa shape index (κ2) is 60.5. The molecule has 0 rings (SSSR count). The Kier molecular flexibility index (Phi) is 56.3. The molecular formula is C72H112NO8+. The third-order valence-electron chi connectivity index (χ3n) is 12.2. The first kappa shape index (κ1) is 75.4. The number of quaternary nitrogens is 1. The van der Waals surface area contributed by atoms with Gasteiger partial charge in [-0.25, -0.2) is 4.79 Å². The molecule has 0 saturated carbocycles. The number of allylic oxidation sites excluding steroid dienone is 30. The van der Waals surface area contributed by atoms with Gasteiger partial charge >= 0.3 is 17.9 Å². The highest BCUT2D eigenvalue weighted by molar-refractivity contribution is 5.71. The Bertz CT molecular complexity index is 1980. The molecule has 452 valence electrons. The molecule has 0 spiro atoms. The van der Waals surface area contributed by atoms with E-state index in [9.17, 15) is 19.5 Å². The zero-order chi connectivity index (χ0) is 59.1. The summed E-state index contributed by atoms with van der Waals surface area (Å²) in [5, 5.41) is 9.72. The van der Waals surface area contributed by atoms with Gasteiger partial charge in [-0.3, -0.25) is 9.59 Å². The van der Waals surface area contributed by atoms with Crippen LogP contribution in [0, 0.1) is 0 Å². The number of carboxylic acid groups (broad SMARTS) is 1. The molecule has 9 nitrogen and oxygen atoms in total. The monoisotopic (exact) mass is 1120 g/mol. The van der Waals surface area contributed by atoms with Crippen molar-refractivity contribution in [2.45, 2.75) is 206 Å². The van der Waals surface area contributed by atoms with E-state index in [1.807, 2.05) is 21.1 Å². The maximum absolute atomic E-state index is 12.9. The van der Waals surface area contributed by atoms with Crippen LogP contribution in [-0.2, 0) is 33.3 Å². The highest BCUT2D eigenvalue weighted by atomic mass is 16.7. The fourth-order valence-electron chi connectivity index (χ4n) is 7.48. The summed E-state index contributed by atoms with van der Waals surface area (Å²) >= 11 is 0. The van der Waals surface area contributed by atoms with Gasteiger partial charge in [0.15, 0.2) is 6.10 Å². The molecule has 0 aromatic heterocycles. The van der Waals surface area contributed by atoms with E-state index in [1.54, 1.807) is 0 Å². The lowest BCUT2D eigenvalue weighted by atomic mass is 10.1. The highest BCUT2D eigenvalue weighted by Crippen LogP contribution is 2.13. The molecule has 0 bridgehead atoms. The van der Waals surface area contributed by atoms with E-state index in [-0.39, 0.29) is 32.7 Å². The Hall–Kier alpha value is -5.61. The van der Waals surface area contributed by atoms with Gasteiger partial charge in [-0.05, 0) is 135 Å². The van der Waals surface area contributed by atoms with Gasteiger partial charge in [-0.15, -0.1) is 0 Å². The van der Waals surface area contributed by atoms with Crippen LogP contribution in [-0.4, -0.2) is 87.4 Å². The van der Waals surface area contributed by atoms with Crippen LogP contribution in [0.15, 0.2) is 182 Å². The third-order valence-corrected chi connectivity index (χ3v) is 12.2. The van der Waals surface area contributed by atoms with E-state index < -0.39 is 30.3 Å². The van der Waals surface area contributed by atoms with Crippen molar-refractivity contribution < 1.29 is 42.9 Å². The van der Waals surface area contributed by atoms with Crippen molar-refractivity contribution >= 4 is 17.9 Å². The van der Waals surface area contributed by atoms with Crippen LogP contribution in [0.2, 0.25) is 0 Å². The van der Waals surface area contributed by atoms with Crippen LogP contribution in [0.4, 0.5) is 0 Å². The highest BCUT2D eigenvalue weighted by Gasteiger charge is 2.25. The van der Waals surface area contributed by atoms with Gasteiger partial charge in [-0.1, -0.05) is 228 Å². The van der Waals surface area contributed by atoms with Crippen LogP contribution in [0.1, 0.15) is 194 Å². The minimum Gasteiger partial charge on any atom is -0.477 e. The summed E-state index contributed by atoms with van der Waals surface area (Å²) in [7, 11) is 5.93. The van der Waals surface area contributed by atoms with Gasteiger partial charge in [0, 0.05) is 12.8 Å². The molecule has 0 heterocycles. The maximum atomic E-state index is 12.9. The Labute approximate surface area is 494 Å². The first-order valence-electron chi connectivity index (χ1n) is 30.9. The van der Waals surface area contributed by atoms with Gasteiger partial charge in [0.05, 0.1) is 34.4 Å². The summed E-state index contributed by atoms with van der Waals surface area (Å²) in [5.41, 5.74) is 0. The Morgan fingerprint density at radius 1 is 0.370 bits per heavy atom. The summed E-state index contributed by atoms with van der Waals surface area (Å²) in [6.45, 7) is 4.55. The number of unbranched alkanes of at least 4 members (excludes halogenated alkanes) is 9. The molecule has 1 N–H and O–H groups in total. The van der Waals surface area contributed by atoms with Gasteiger partial charge in [-0.2, -0.15) is 0 Å². The van der Waals surface area contributed by atoms with E-state index >= 15 is 0 Å². The summed E-state index contributed by atoms with van der Waals surface area (Å²) in [4.78, 5) is 37.5. The first-order chi connectivity index (χ1) is 39.6. The number of rotatable bonds is 54. The van der Waals surface area contributed by atoms with Crippen molar-refractivity contribution in [3.63, 3.8) is 0 Å². The molecule has 0 aromatic carbocycles. The molecule has 0 radical (unpaired) electrons. The van der Waals surface area contributed by atoms with Crippen LogP contribution in [0.3, 0.4) is 0 Å². The number of carbonyl (C=O) groups is 3. The predicted molar refractivity (Wildman–Crippen MR) is 345 cm³/mol. The van der Waals surface area contributed by atoms with Crippen LogP contribution in [0.5, 0.6) is 0 Å². The lowest BCUT2D eigenvalue weighted by Gasteiger charge is -2.25. The van der Waals surface area contributed by atoms with Crippen molar-refractivity contribution in [3.05, 3.63) is 182 Å². The molecule has 9 heteroatoms. The molecule has 0 aliphatic rings. The van der Waals surface area contributed by atoms with Crippen molar-refractivity contribution in [1.82, 2.24) is 0 Å². The summed E-state index contributed by atoms with van der Waals surface area (Å²) in [5.74, 6) is -2.11. The standard InChI is InChI=1S/C72H111NO8/c1-6-8-10-12-14-16-18-20-22-24-26-28-29-30-31-32-33-34-35-36-37-38-39-40-41-43-45-47-49-51-53-55-57-59-61-63-70(75)81-68(67-80-72(71(76)77)78-65-64-73(3,4)5)66-79-69(74)62-60-58-56-54-52-50-48-46-44-42-27-25-23-21-19-17-15-13-11-9-7-2/h8-11,14-17,20-23,26-28,30-31,33-34,36-37,39-40,42-43,45-46,48,52,54,68,72H,6-7,12-13,18-19,24-25,29,32,35,38,41,44,47,49-51,53,55-67H2,1-5H3/p+1/b10-8-,11-9-,16-14-,17-15-,22-20-,23-21-,28-26-,31-30-,34-33-,37-36-,40-39-,42-27-,45-43-,48-46-,54-52-. The van der Waals surface area contributed by atoms with Gasteiger partial charge < -0.3 is 28.5 Å².